The van der Waals surface area contributed by atoms with Gasteiger partial charge in [-0.05, 0) is 23.6 Å². The van der Waals surface area contributed by atoms with Crippen molar-refractivity contribution in [3.8, 4) is 24.7 Å². The molecular weight excluding hydrogens is 252 g/mol. The Morgan fingerprint density at radius 3 is 2.20 bits per heavy atom. The molecule has 0 aliphatic heterocycles. The van der Waals surface area contributed by atoms with Crippen LogP contribution in [0.1, 0.15) is 40.9 Å². The van der Waals surface area contributed by atoms with Crippen LogP contribution >= 0.6 is 0 Å². The smallest absolute Gasteiger partial charge is 0.340 e. The minimum atomic E-state index is -0.527. The van der Waals surface area contributed by atoms with E-state index in [1.165, 1.54) is 7.11 Å². The highest BCUT2D eigenvalue weighted by molar-refractivity contribution is 5.95. The molecule has 0 amide bonds. The Morgan fingerprint density at radius 1 is 1.25 bits per heavy atom. The Kier molecular flexibility index (Phi) is 5.84. The lowest BCUT2D eigenvalue weighted by Crippen LogP contribution is -2.09. The van der Waals surface area contributed by atoms with Crippen molar-refractivity contribution in [3.63, 3.8) is 0 Å². The van der Waals surface area contributed by atoms with Gasteiger partial charge in [0.25, 0.3) is 0 Å². The molecule has 0 saturated heterocycles. The summed E-state index contributed by atoms with van der Waals surface area (Å²) in [6.45, 7) is 5.19. The fourth-order valence-electron chi connectivity index (χ4n) is 1.75. The third-order valence-electron chi connectivity index (χ3n) is 2.62. The van der Waals surface area contributed by atoms with E-state index in [1.54, 1.807) is 12.1 Å². The standard InChI is InChI=1S/C17H18O3/c1-6-14-8-13(11-20-10-12(3)4)9-15(7-2)16(14)17(18)19-5/h1-2,8-9,12H,10-11H2,3-5H3. The fraction of sp³-hybridized carbons (Fsp3) is 0.353. The van der Waals surface area contributed by atoms with E-state index in [9.17, 15) is 4.79 Å². The summed E-state index contributed by atoms with van der Waals surface area (Å²) >= 11 is 0. The number of carbonyl (C=O) groups excluding carboxylic acids is 1. The first-order valence-corrected chi connectivity index (χ1v) is 6.29. The number of rotatable bonds is 5. The molecule has 1 rings (SSSR count). The SMILES string of the molecule is C#Cc1cc(COCC(C)C)cc(C#C)c1C(=O)OC. The Bertz CT molecular complexity index is 536. The summed E-state index contributed by atoms with van der Waals surface area (Å²) in [5.74, 6) is 4.87. The van der Waals surface area contributed by atoms with E-state index in [2.05, 4.69) is 25.7 Å². The second-order valence-electron chi connectivity index (χ2n) is 4.76. The van der Waals surface area contributed by atoms with Crippen molar-refractivity contribution < 1.29 is 14.3 Å². The third-order valence-corrected chi connectivity index (χ3v) is 2.62. The third kappa shape index (κ3) is 3.88. The number of hydrogen-bond acceptors (Lipinski definition) is 3. The van der Waals surface area contributed by atoms with Crippen LogP contribution in [0.3, 0.4) is 0 Å². The van der Waals surface area contributed by atoms with Crippen LogP contribution in [0.5, 0.6) is 0 Å². The van der Waals surface area contributed by atoms with Gasteiger partial charge in [0.05, 0.1) is 19.3 Å². The first-order valence-electron chi connectivity index (χ1n) is 6.29. The summed E-state index contributed by atoms with van der Waals surface area (Å²) in [5, 5.41) is 0. The first-order chi connectivity index (χ1) is 9.53. The molecule has 0 saturated carbocycles. The van der Waals surface area contributed by atoms with Gasteiger partial charge in [0.2, 0.25) is 0 Å². The second-order valence-corrected chi connectivity index (χ2v) is 4.76. The molecule has 0 unspecified atom stereocenters. The first kappa shape index (κ1) is 15.8. The molecule has 3 heteroatoms. The summed E-state index contributed by atoms with van der Waals surface area (Å²) < 4.78 is 10.3. The molecule has 1 aromatic carbocycles. The predicted octanol–water partition coefficient (Wildman–Crippen LogP) is 2.61. The van der Waals surface area contributed by atoms with Crippen LogP contribution in [0.25, 0.3) is 0 Å². The number of esters is 1. The molecule has 0 spiro atoms. The summed E-state index contributed by atoms with van der Waals surface area (Å²) in [5.41, 5.74) is 1.95. The maximum Gasteiger partial charge on any atom is 0.340 e. The zero-order chi connectivity index (χ0) is 15.1. The van der Waals surface area contributed by atoms with Gasteiger partial charge in [-0.25, -0.2) is 4.79 Å². The van der Waals surface area contributed by atoms with E-state index in [-0.39, 0.29) is 5.56 Å². The molecule has 0 N–H and O–H groups in total. The molecule has 0 aliphatic carbocycles. The summed E-state index contributed by atoms with van der Waals surface area (Å²) in [6, 6.07) is 3.46. The van der Waals surface area contributed by atoms with Crippen LogP contribution in [0.2, 0.25) is 0 Å². The Morgan fingerprint density at radius 2 is 1.80 bits per heavy atom. The Hall–Kier alpha value is -2.23. The summed E-state index contributed by atoms with van der Waals surface area (Å²) in [6.07, 6.45) is 10.9. The average Bonchev–Trinajstić information content (AvgIpc) is 2.44. The van der Waals surface area contributed by atoms with Crippen molar-refractivity contribution in [2.45, 2.75) is 20.5 Å². The number of methoxy groups -OCH3 is 1. The van der Waals surface area contributed by atoms with Gasteiger partial charge >= 0.3 is 5.97 Å². The van der Waals surface area contributed by atoms with E-state index in [4.69, 9.17) is 22.3 Å². The quantitative estimate of drug-likeness (QED) is 0.609. The Balaban J connectivity index is 3.11. The summed E-state index contributed by atoms with van der Waals surface area (Å²) in [7, 11) is 1.29. The van der Waals surface area contributed by atoms with Gasteiger partial charge in [0.15, 0.2) is 0 Å². The molecule has 0 radical (unpaired) electrons. The molecule has 0 aromatic heterocycles. The van der Waals surface area contributed by atoms with Crippen LogP contribution in [-0.4, -0.2) is 19.7 Å². The van der Waals surface area contributed by atoms with Crippen LogP contribution in [0.15, 0.2) is 12.1 Å². The highest BCUT2D eigenvalue weighted by Gasteiger charge is 2.16. The second kappa shape index (κ2) is 7.38. The van der Waals surface area contributed by atoms with Crippen molar-refractivity contribution in [1.29, 1.82) is 0 Å². The summed E-state index contributed by atoms with van der Waals surface area (Å²) in [4.78, 5) is 11.7. The predicted molar refractivity (Wildman–Crippen MR) is 78.1 cm³/mol. The van der Waals surface area contributed by atoms with Gasteiger partial charge in [-0.1, -0.05) is 25.7 Å². The van der Waals surface area contributed by atoms with E-state index in [0.29, 0.717) is 30.3 Å². The van der Waals surface area contributed by atoms with Crippen molar-refractivity contribution in [3.05, 3.63) is 34.4 Å². The van der Waals surface area contributed by atoms with Crippen molar-refractivity contribution in [1.82, 2.24) is 0 Å². The van der Waals surface area contributed by atoms with E-state index in [0.717, 1.165) is 5.56 Å². The molecule has 0 bridgehead atoms. The molecule has 3 nitrogen and oxygen atoms in total. The minimum absolute atomic E-state index is 0.255. The monoisotopic (exact) mass is 270 g/mol. The molecule has 0 heterocycles. The highest BCUT2D eigenvalue weighted by atomic mass is 16.5. The Labute approximate surface area is 120 Å². The van der Waals surface area contributed by atoms with E-state index < -0.39 is 5.97 Å². The van der Waals surface area contributed by atoms with Gasteiger partial charge in [0, 0.05) is 17.7 Å². The van der Waals surface area contributed by atoms with Crippen LogP contribution < -0.4 is 0 Å². The van der Waals surface area contributed by atoms with Gasteiger partial charge in [-0.15, -0.1) is 12.8 Å². The molecule has 1 aromatic rings. The lowest BCUT2D eigenvalue weighted by atomic mass is 9.98. The molecule has 20 heavy (non-hydrogen) atoms. The topological polar surface area (TPSA) is 35.5 Å². The van der Waals surface area contributed by atoms with E-state index >= 15 is 0 Å². The van der Waals surface area contributed by atoms with Crippen molar-refractivity contribution >= 4 is 5.97 Å². The van der Waals surface area contributed by atoms with E-state index in [1.807, 2.05) is 0 Å². The maximum absolute atomic E-state index is 11.7. The maximum atomic E-state index is 11.7. The number of hydrogen-bond donors (Lipinski definition) is 0. The number of ether oxygens (including phenoxy) is 2. The highest BCUT2D eigenvalue weighted by Crippen LogP contribution is 2.19. The molecule has 0 atom stereocenters. The zero-order valence-electron chi connectivity index (χ0n) is 12.0. The van der Waals surface area contributed by atoms with Gasteiger partial charge in [-0.3, -0.25) is 0 Å². The lowest BCUT2D eigenvalue weighted by molar-refractivity contribution is 0.0600. The minimum Gasteiger partial charge on any atom is -0.465 e. The normalized spacial score (nSPS) is 9.90. The van der Waals surface area contributed by atoms with Crippen LogP contribution in [-0.2, 0) is 16.1 Å². The van der Waals surface area contributed by atoms with Gasteiger partial charge in [-0.2, -0.15) is 0 Å². The lowest BCUT2D eigenvalue weighted by Gasteiger charge is -2.11. The van der Waals surface area contributed by atoms with Crippen LogP contribution in [0, 0.1) is 30.6 Å². The van der Waals surface area contributed by atoms with Gasteiger partial charge in [0.1, 0.15) is 0 Å². The molecule has 0 aliphatic rings. The van der Waals surface area contributed by atoms with Crippen molar-refractivity contribution in [2.24, 2.45) is 5.92 Å². The number of carbonyl (C=O) groups is 1. The largest absolute Gasteiger partial charge is 0.465 e. The van der Waals surface area contributed by atoms with Gasteiger partial charge < -0.3 is 9.47 Å². The number of benzene rings is 1. The van der Waals surface area contributed by atoms with Crippen molar-refractivity contribution in [2.75, 3.05) is 13.7 Å². The molecule has 104 valence electrons. The molecule has 0 fully saturated rings. The van der Waals surface area contributed by atoms with Crippen LogP contribution in [0.4, 0.5) is 0 Å². The molecular formula is C17H18O3. The number of terminal acetylenes is 2. The average molecular weight is 270 g/mol. The fourth-order valence-corrected chi connectivity index (χ4v) is 1.75. The zero-order valence-corrected chi connectivity index (χ0v) is 12.0.